The van der Waals surface area contributed by atoms with Gasteiger partial charge in [0.2, 0.25) is 0 Å². The van der Waals surface area contributed by atoms with Gasteiger partial charge >= 0.3 is 5.97 Å². The summed E-state index contributed by atoms with van der Waals surface area (Å²) in [5.74, 6) is 1.68. The summed E-state index contributed by atoms with van der Waals surface area (Å²) >= 11 is 0. The van der Waals surface area contributed by atoms with Gasteiger partial charge in [0.25, 0.3) is 0 Å². The van der Waals surface area contributed by atoms with Crippen LogP contribution in [0, 0.1) is 23.2 Å². The Morgan fingerprint density at radius 1 is 1.00 bits per heavy atom. The normalized spacial score (nSPS) is 41.5. The van der Waals surface area contributed by atoms with E-state index in [1.807, 2.05) is 0 Å². The maximum Gasteiger partial charge on any atom is 0.335 e. The maximum absolute atomic E-state index is 12.1. The Kier molecular flexibility index (Phi) is 4.96. The van der Waals surface area contributed by atoms with E-state index >= 15 is 0 Å². The molecule has 9 rings (SSSR count). The van der Waals surface area contributed by atoms with Gasteiger partial charge < -0.3 is 24.6 Å². The lowest BCUT2D eigenvalue weighted by Crippen LogP contribution is -2.49. The monoisotopic (exact) mass is 509 g/mol. The van der Waals surface area contributed by atoms with Crippen LogP contribution in [0.1, 0.15) is 76.9 Å². The number of ether oxygens (including phenoxy) is 3. The summed E-state index contributed by atoms with van der Waals surface area (Å²) in [5, 5.41) is 13.5. The molecule has 0 amide bonds. The molecule has 2 aliphatic heterocycles. The summed E-state index contributed by atoms with van der Waals surface area (Å²) in [7, 11) is 0. The van der Waals surface area contributed by atoms with Crippen molar-refractivity contribution < 1.29 is 24.1 Å². The molecule has 0 radical (unpaired) electrons. The molecule has 2 N–H and O–H groups in total. The predicted molar refractivity (Wildman–Crippen MR) is 132 cm³/mol. The molecule has 5 aliphatic carbocycles. The molecular formula is C27H35N5O5. The number of imidazole rings is 1. The van der Waals surface area contributed by atoms with E-state index in [9.17, 15) is 9.90 Å². The third kappa shape index (κ3) is 3.55. The molecule has 4 bridgehead atoms. The van der Waals surface area contributed by atoms with E-state index in [1.165, 1.54) is 38.5 Å². The largest absolute Gasteiger partial charge is 0.479 e. The van der Waals surface area contributed by atoms with Gasteiger partial charge in [-0.2, -0.15) is 0 Å². The molecule has 10 nitrogen and oxygen atoms in total. The van der Waals surface area contributed by atoms with Gasteiger partial charge in [-0.1, -0.05) is 6.42 Å². The van der Waals surface area contributed by atoms with Crippen LogP contribution in [-0.2, 0) is 19.0 Å². The van der Waals surface area contributed by atoms with Crippen LogP contribution < -0.4 is 5.32 Å². The smallest absolute Gasteiger partial charge is 0.335 e. The van der Waals surface area contributed by atoms with Crippen LogP contribution in [0.2, 0.25) is 0 Å². The van der Waals surface area contributed by atoms with Gasteiger partial charge in [0.05, 0.1) is 6.33 Å². The Bertz CT molecular complexity index is 1190. The molecule has 7 fully saturated rings. The van der Waals surface area contributed by atoms with Crippen LogP contribution >= 0.6 is 0 Å². The van der Waals surface area contributed by atoms with E-state index in [2.05, 4.69) is 20.3 Å². The molecule has 7 aliphatic rings. The molecule has 2 unspecified atom stereocenters. The zero-order valence-corrected chi connectivity index (χ0v) is 21.1. The van der Waals surface area contributed by atoms with E-state index in [0.717, 1.165) is 62.2 Å². The fraction of sp³-hybridized carbons (Fsp3) is 0.778. The van der Waals surface area contributed by atoms with Crippen LogP contribution in [0.25, 0.3) is 11.2 Å². The number of nitrogens with zero attached hydrogens (tertiary/aromatic N) is 4. The number of rotatable bonds is 5. The van der Waals surface area contributed by atoms with Gasteiger partial charge in [-0.05, 0) is 74.5 Å². The summed E-state index contributed by atoms with van der Waals surface area (Å²) < 4.78 is 20.6. The van der Waals surface area contributed by atoms with Crippen LogP contribution in [0.15, 0.2) is 12.7 Å². The van der Waals surface area contributed by atoms with Crippen LogP contribution in [-0.4, -0.2) is 61.2 Å². The number of aromatic nitrogens is 4. The standard InChI is InChI=1S/C27H35N5O5/c33-25(34)21-19-20(37-27(36-19)4-2-1-3-5-27)24(35-21)32-14-31-18-22(29-13-30-23(18)32)28-12-26-9-15-6-16(10-26)8-17(7-15)11-26/h13-17,19-21,24H,1-12H2,(H,33,34)(H,28,29,30)/t15?,16?,17?,19?,20?,21-,24+,26?/m0/s1. The first-order valence-corrected chi connectivity index (χ1v) is 14.2. The molecule has 0 aromatic carbocycles. The van der Waals surface area contributed by atoms with Crippen molar-refractivity contribution in [2.24, 2.45) is 23.2 Å². The third-order valence-corrected chi connectivity index (χ3v) is 10.2. The highest BCUT2D eigenvalue weighted by Crippen LogP contribution is 2.60. The molecule has 1 spiro atoms. The number of carbonyl (C=O) groups is 1. The van der Waals surface area contributed by atoms with Crippen molar-refractivity contribution in [3.05, 3.63) is 12.7 Å². The van der Waals surface area contributed by atoms with Gasteiger partial charge in [0.15, 0.2) is 35.1 Å². The van der Waals surface area contributed by atoms with Crippen molar-refractivity contribution in [2.75, 3.05) is 11.9 Å². The number of hydrogen-bond donors (Lipinski definition) is 2. The molecule has 2 aromatic rings. The average molecular weight is 510 g/mol. The second-order valence-electron chi connectivity index (χ2n) is 12.7. The maximum atomic E-state index is 12.1. The molecule has 37 heavy (non-hydrogen) atoms. The minimum Gasteiger partial charge on any atom is -0.479 e. The van der Waals surface area contributed by atoms with Gasteiger partial charge in [-0.25, -0.2) is 19.7 Å². The number of aliphatic carboxylic acids is 1. The van der Waals surface area contributed by atoms with E-state index in [-0.39, 0.29) is 0 Å². The van der Waals surface area contributed by atoms with E-state index in [4.69, 9.17) is 14.2 Å². The van der Waals surface area contributed by atoms with Gasteiger partial charge in [-0.3, -0.25) is 4.57 Å². The zero-order valence-electron chi connectivity index (χ0n) is 21.1. The number of fused-ring (bicyclic) bond motifs is 2. The van der Waals surface area contributed by atoms with Crippen molar-refractivity contribution in [1.29, 1.82) is 0 Å². The van der Waals surface area contributed by atoms with Gasteiger partial charge in [0.1, 0.15) is 18.5 Å². The highest BCUT2D eigenvalue weighted by atomic mass is 16.8. The fourth-order valence-electron chi connectivity index (χ4n) is 9.11. The Hall–Kier alpha value is -2.30. The molecule has 2 aromatic heterocycles. The quantitative estimate of drug-likeness (QED) is 0.618. The lowest BCUT2D eigenvalue weighted by Gasteiger charge is -2.57. The highest BCUT2D eigenvalue weighted by molar-refractivity contribution is 5.82. The Labute approximate surface area is 215 Å². The summed E-state index contributed by atoms with van der Waals surface area (Å²) in [6.45, 7) is 0.917. The summed E-state index contributed by atoms with van der Waals surface area (Å²) in [6, 6.07) is 0. The van der Waals surface area contributed by atoms with Crippen LogP contribution in [0.4, 0.5) is 5.82 Å². The fourth-order valence-corrected chi connectivity index (χ4v) is 9.11. The SMILES string of the molecule is O=C(O)[C@H]1O[C@@H](n2cnc3c(NCC45CC6CC(CC(C6)C4)C5)ncnc32)C2OC3(CCCCC3)OC21. The topological polar surface area (TPSA) is 121 Å². The number of nitrogens with one attached hydrogen (secondary N) is 1. The lowest BCUT2D eigenvalue weighted by atomic mass is 9.49. The second-order valence-corrected chi connectivity index (χ2v) is 12.7. The van der Waals surface area contributed by atoms with Crippen molar-refractivity contribution in [3.63, 3.8) is 0 Å². The molecule has 5 saturated carbocycles. The number of hydrogen-bond acceptors (Lipinski definition) is 8. The summed E-state index contributed by atoms with van der Waals surface area (Å²) in [4.78, 5) is 25.8. The first-order chi connectivity index (χ1) is 18.0. The Morgan fingerprint density at radius 2 is 1.70 bits per heavy atom. The number of carboxylic acids is 1. The molecule has 10 heteroatoms. The average Bonchev–Trinajstić information content (AvgIpc) is 3.54. The highest BCUT2D eigenvalue weighted by Gasteiger charge is 2.61. The minimum absolute atomic E-state index is 0.369. The van der Waals surface area contributed by atoms with Crippen LogP contribution in [0.3, 0.4) is 0 Å². The molecule has 2 saturated heterocycles. The molecule has 4 heterocycles. The second kappa shape index (κ2) is 8.10. The number of anilines is 1. The first kappa shape index (κ1) is 22.7. The first-order valence-electron chi connectivity index (χ1n) is 14.2. The predicted octanol–water partition coefficient (Wildman–Crippen LogP) is 3.88. The molecular weight excluding hydrogens is 474 g/mol. The minimum atomic E-state index is -1.09. The third-order valence-electron chi connectivity index (χ3n) is 10.2. The zero-order chi connectivity index (χ0) is 24.8. The van der Waals surface area contributed by atoms with Crippen molar-refractivity contribution in [3.8, 4) is 0 Å². The molecule has 4 atom stereocenters. The van der Waals surface area contributed by atoms with Crippen LogP contribution in [0.5, 0.6) is 0 Å². The van der Waals surface area contributed by atoms with E-state index in [0.29, 0.717) is 16.6 Å². The lowest BCUT2D eigenvalue weighted by molar-refractivity contribution is -0.231. The Morgan fingerprint density at radius 3 is 2.41 bits per heavy atom. The molecule has 198 valence electrons. The summed E-state index contributed by atoms with van der Waals surface area (Å²) in [5.41, 5.74) is 1.66. The Balaban J connectivity index is 1.07. The van der Waals surface area contributed by atoms with Crippen molar-refractivity contribution in [1.82, 2.24) is 19.5 Å². The van der Waals surface area contributed by atoms with E-state index in [1.54, 1.807) is 17.2 Å². The van der Waals surface area contributed by atoms with Crippen molar-refractivity contribution >= 4 is 23.0 Å². The van der Waals surface area contributed by atoms with E-state index < -0.39 is 36.3 Å². The number of carboxylic acid groups (broad SMARTS) is 1. The van der Waals surface area contributed by atoms with Gasteiger partial charge in [0, 0.05) is 19.4 Å². The van der Waals surface area contributed by atoms with Gasteiger partial charge in [-0.15, -0.1) is 0 Å². The van der Waals surface area contributed by atoms with Crippen molar-refractivity contribution in [2.45, 2.75) is 101 Å². The summed E-state index contributed by atoms with van der Waals surface area (Å²) in [6.07, 6.45) is 13.3.